The van der Waals surface area contributed by atoms with E-state index in [1.807, 2.05) is 6.92 Å². The number of methoxy groups -OCH3 is 1. The number of halogens is 1. The predicted molar refractivity (Wildman–Crippen MR) is 93.0 cm³/mol. The molecule has 132 valence electrons. The van der Waals surface area contributed by atoms with E-state index in [0.717, 1.165) is 24.3 Å². The highest BCUT2D eigenvalue weighted by Gasteiger charge is 2.24. The lowest BCUT2D eigenvalue weighted by molar-refractivity contribution is -0.135. The molecule has 0 aliphatic carbocycles. The Labute approximate surface area is 148 Å². The smallest absolute Gasteiger partial charge is 0.331 e. The Morgan fingerprint density at radius 1 is 1.44 bits per heavy atom. The van der Waals surface area contributed by atoms with Crippen LogP contribution in [0.2, 0.25) is 0 Å². The number of hydrogen-bond acceptors (Lipinski definition) is 7. The van der Waals surface area contributed by atoms with Gasteiger partial charge in [0.2, 0.25) is 0 Å². The quantitative estimate of drug-likeness (QED) is 0.361. The average Bonchev–Trinajstić information content (AvgIpc) is 2.94. The molecule has 0 atom stereocenters. The maximum atomic E-state index is 13.6. The Morgan fingerprint density at radius 2 is 2.24 bits per heavy atom. The second kappa shape index (κ2) is 8.97. The van der Waals surface area contributed by atoms with Crippen LogP contribution in [-0.2, 0) is 14.3 Å². The van der Waals surface area contributed by atoms with E-state index in [-0.39, 0.29) is 15.8 Å². The molecule has 1 fully saturated rings. The van der Waals surface area contributed by atoms with Gasteiger partial charge < -0.3 is 9.47 Å². The van der Waals surface area contributed by atoms with Crippen LogP contribution in [0.25, 0.3) is 0 Å². The minimum absolute atomic E-state index is 0.144. The molecule has 7 nitrogen and oxygen atoms in total. The lowest BCUT2D eigenvalue weighted by Crippen LogP contribution is -2.19. The summed E-state index contributed by atoms with van der Waals surface area (Å²) in [7, 11) is 1.22. The van der Waals surface area contributed by atoms with Crippen LogP contribution in [0.5, 0.6) is 5.75 Å². The van der Waals surface area contributed by atoms with E-state index in [4.69, 9.17) is 4.74 Å². The minimum Gasteiger partial charge on any atom is -0.491 e. The van der Waals surface area contributed by atoms with Crippen molar-refractivity contribution in [2.24, 2.45) is 10.2 Å². The topological polar surface area (TPSA) is 89.4 Å². The fourth-order valence-electron chi connectivity index (χ4n) is 1.71. The largest absolute Gasteiger partial charge is 0.491 e. The van der Waals surface area contributed by atoms with Crippen LogP contribution in [0.1, 0.15) is 18.9 Å². The van der Waals surface area contributed by atoms with Crippen molar-refractivity contribution < 1.29 is 23.5 Å². The standard InChI is InChI=1S/C16H16FN3O4S/c1-3-6-24-12-7-10(4-5-11(12)17)9-18-20-16-19-15(22)13(25-16)8-14(21)23-2/h4-5,7-9H,3,6H2,1-2H3,(H,19,20,22)/b13-8+,18-9?. The van der Waals surface area contributed by atoms with Crippen LogP contribution >= 0.6 is 11.8 Å². The molecule has 0 saturated carbocycles. The molecule has 0 spiro atoms. The van der Waals surface area contributed by atoms with Gasteiger partial charge >= 0.3 is 5.97 Å². The van der Waals surface area contributed by atoms with Crippen LogP contribution in [-0.4, -0.2) is 37.0 Å². The maximum absolute atomic E-state index is 13.6. The number of carbonyl (C=O) groups is 2. The SMILES string of the molecule is CCCOc1cc(C=N/N=C2/NC(=O)/C(=C\C(=O)OC)S2)ccc1F. The lowest BCUT2D eigenvalue weighted by Gasteiger charge is -2.06. The molecule has 1 heterocycles. The zero-order valence-electron chi connectivity index (χ0n) is 13.6. The van der Waals surface area contributed by atoms with Gasteiger partial charge in [0.15, 0.2) is 16.7 Å². The van der Waals surface area contributed by atoms with Crippen molar-refractivity contribution in [1.29, 1.82) is 0 Å². The first-order chi connectivity index (χ1) is 12.0. The van der Waals surface area contributed by atoms with E-state index < -0.39 is 17.7 Å². The molecular weight excluding hydrogens is 349 g/mol. The molecule has 25 heavy (non-hydrogen) atoms. The Morgan fingerprint density at radius 3 is 2.96 bits per heavy atom. The Bertz CT molecular complexity index is 762. The second-order valence-electron chi connectivity index (χ2n) is 4.78. The normalized spacial score (nSPS) is 17.3. The number of benzene rings is 1. The number of hydrogen-bond donors (Lipinski definition) is 1. The van der Waals surface area contributed by atoms with E-state index in [0.29, 0.717) is 12.2 Å². The van der Waals surface area contributed by atoms with E-state index in [2.05, 4.69) is 20.3 Å². The van der Waals surface area contributed by atoms with Crippen molar-refractivity contribution in [3.8, 4) is 5.75 Å². The molecule has 2 rings (SSSR count). The monoisotopic (exact) mass is 365 g/mol. The van der Waals surface area contributed by atoms with Gasteiger partial charge in [0, 0.05) is 6.08 Å². The summed E-state index contributed by atoms with van der Waals surface area (Å²) in [5.41, 5.74) is 0.594. The number of ether oxygens (including phenoxy) is 2. The van der Waals surface area contributed by atoms with Crippen LogP contribution in [0.3, 0.4) is 0 Å². The minimum atomic E-state index is -0.631. The highest BCUT2D eigenvalue weighted by atomic mass is 32.2. The van der Waals surface area contributed by atoms with Gasteiger partial charge in [-0.3, -0.25) is 10.1 Å². The molecule has 1 aromatic rings. The molecule has 9 heteroatoms. The van der Waals surface area contributed by atoms with Gasteiger partial charge in [-0.25, -0.2) is 9.18 Å². The van der Waals surface area contributed by atoms with E-state index in [9.17, 15) is 14.0 Å². The number of esters is 1. The first kappa shape index (κ1) is 18.7. The molecule has 0 unspecified atom stereocenters. The second-order valence-corrected chi connectivity index (χ2v) is 5.81. The number of thioether (sulfide) groups is 1. The number of carbonyl (C=O) groups excluding carboxylic acids is 2. The number of nitrogens with one attached hydrogen (secondary N) is 1. The maximum Gasteiger partial charge on any atom is 0.331 e. The molecule has 1 N–H and O–H groups in total. The van der Waals surface area contributed by atoms with Crippen LogP contribution < -0.4 is 10.1 Å². The molecule has 1 aromatic carbocycles. The number of rotatable bonds is 6. The van der Waals surface area contributed by atoms with Crippen LogP contribution in [0.4, 0.5) is 4.39 Å². The van der Waals surface area contributed by atoms with Crippen molar-refractivity contribution in [3.05, 3.63) is 40.6 Å². The van der Waals surface area contributed by atoms with Gasteiger partial charge in [-0.15, -0.1) is 5.10 Å². The predicted octanol–water partition coefficient (Wildman–Crippen LogP) is 2.22. The summed E-state index contributed by atoms with van der Waals surface area (Å²) in [5.74, 6) is -1.40. The van der Waals surface area contributed by atoms with Gasteiger partial charge in [-0.2, -0.15) is 5.10 Å². The van der Waals surface area contributed by atoms with Gasteiger partial charge in [0.05, 0.1) is 24.8 Å². The summed E-state index contributed by atoms with van der Waals surface area (Å²) in [4.78, 5) is 23.0. The number of amides is 1. The lowest BCUT2D eigenvalue weighted by atomic mass is 10.2. The zero-order valence-corrected chi connectivity index (χ0v) is 14.4. The Kier molecular flexibility index (Phi) is 6.70. The molecule has 0 radical (unpaired) electrons. The molecule has 1 saturated heterocycles. The van der Waals surface area contributed by atoms with Gasteiger partial charge in [-0.05, 0) is 35.9 Å². The molecule has 1 aliphatic heterocycles. The van der Waals surface area contributed by atoms with Crippen molar-refractivity contribution in [1.82, 2.24) is 5.32 Å². The molecule has 1 amide bonds. The van der Waals surface area contributed by atoms with Crippen LogP contribution in [0.15, 0.2) is 39.4 Å². The first-order valence-corrected chi connectivity index (χ1v) is 8.17. The molecular formula is C16H16FN3O4S. The van der Waals surface area contributed by atoms with Crippen molar-refractivity contribution in [3.63, 3.8) is 0 Å². The third kappa shape index (κ3) is 5.42. The first-order valence-electron chi connectivity index (χ1n) is 7.35. The molecule has 1 aliphatic rings. The number of amidine groups is 1. The highest BCUT2D eigenvalue weighted by molar-refractivity contribution is 8.18. The van der Waals surface area contributed by atoms with E-state index in [1.165, 1.54) is 31.5 Å². The zero-order chi connectivity index (χ0) is 18.2. The van der Waals surface area contributed by atoms with Gasteiger partial charge in [0.1, 0.15) is 0 Å². The van der Waals surface area contributed by atoms with Crippen molar-refractivity contribution >= 4 is 35.0 Å². The molecule has 0 aromatic heterocycles. The van der Waals surface area contributed by atoms with E-state index >= 15 is 0 Å². The Hall–Kier alpha value is -2.68. The summed E-state index contributed by atoms with van der Waals surface area (Å²) < 4.78 is 23.3. The van der Waals surface area contributed by atoms with Crippen molar-refractivity contribution in [2.45, 2.75) is 13.3 Å². The fraction of sp³-hybridized carbons (Fsp3) is 0.250. The summed E-state index contributed by atoms with van der Waals surface area (Å²) in [6, 6.07) is 4.32. The summed E-state index contributed by atoms with van der Waals surface area (Å²) in [5, 5.41) is 10.4. The highest BCUT2D eigenvalue weighted by Crippen LogP contribution is 2.23. The molecule has 0 bridgehead atoms. The fourth-order valence-corrected chi connectivity index (χ4v) is 2.45. The summed E-state index contributed by atoms with van der Waals surface area (Å²) in [6.45, 7) is 2.34. The third-order valence-corrected chi connectivity index (χ3v) is 3.77. The van der Waals surface area contributed by atoms with Gasteiger partial charge in [0.25, 0.3) is 5.91 Å². The third-order valence-electron chi connectivity index (χ3n) is 2.87. The Balaban J connectivity index is 2.05. The van der Waals surface area contributed by atoms with Crippen molar-refractivity contribution in [2.75, 3.05) is 13.7 Å². The summed E-state index contributed by atoms with van der Waals surface area (Å²) in [6.07, 6.45) is 3.24. The van der Waals surface area contributed by atoms with E-state index in [1.54, 1.807) is 0 Å². The number of nitrogens with zero attached hydrogens (tertiary/aromatic N) is 2. The summed E-state index contributed by atoms with van der Waals surface area (Å²) >= 11 is 0.965. The van der Waals surface area contributed by atoms with Gasteiger partial charge in [-0.1, -0.05) is 13.0 Å². The average molecular weight is 365 g/mol. The van der Waals surface area contributed by atoms with Crippen LogP contribution in [0, 0.1) is 5.82 Å².